The predicted octanol–water partition coefficient (Wildman–Crippen LogP) is 0.908. The second-order valence-corrected chi connectivity index (χ2v) is 1.98. The van der Waals surface area contributed by atoms with Gasteiger partial charge < -0.3 is 14.2 Å². The summed E-state index contributed by atoms with van der Waals surface area (Å²) in [6.45, 7) is 0. The molecular weight excluding hydrogens is 158 g/mol. The van der Waals surface area contributed by atoms with Crippen LogP contribution in [0.5, 0.6) is 17.4 Å². The van der Waals surface area contributed by atoms with Crippen LogP contribution < -0.4 is 14.2 Å². The molecular formula is C8H10NO3. The van der Waals surface area contributed by atoms with Gasteiger partial charge >= 0.3 is 0 Å². The summed E-state index contributed by atoms with van der Waals surface area (Å²) < 4.78 is 14.9. The molecule has 0 aliphatic carbocycles. The van der Waals surface area contributed by atoms with Crippen LogP contribution in [0.3, 0.4) is 0 Å². The maximum atomic E-state index is 5.01. The maximum absolute atomic E-state index is 5.01. The number of hydrogen-bond acceptors (Lipinski definition) is 4. The fourth-order valence-electron chi connectivity index (χ4n) is 0.848. The van der Waals surface area contributed by atoms with Gasteiger partial charge in [0.1, 0.15) is 0 Å². The standard InChI is InChI=1S/C8H10NO3/c1-10-6-4-5-9-8(12-3)7(6)11-2/h5H,1-3H3. The van der Waals surface area contributed by atoms with E-state index in [0.717, 1.165) is 0 Å². The average molecular weight is 168 g/mol. The van der Waals surface area contributed by atoms with Crippen LogP contribution in [0.2, 0.25) is 0 Å². The SMILES string of the molecule is COc1[c]cnc(OC)c1OC. The first-order valence-electron chi connectivity index (χ1n) is 3.36. The van der Waals surface area contributed by atoms with Crippen LogP contribution in [0, 0.1) is 6.07 Å². The summed E-state index contributed by atoms with van der Waals surface area (Å²) in [5.41, 5.74) is 0. The highest BCUT2D eigenvalue weighted by Gasteiger charge is 2.10. The number of pyridine rings is 1. The summed E-state index contributed by atoms with van der Waals surface area (Å²) in [6, 6.07) is 2.77. The number of aromatic nitrogens is 1. The molecule has 4 nitrogen and oxygen atoms in total. The fraction of sp³-hybridized carbons (Fsp3) is 0.375. The number of ether oxygens (including phenoxy) is 3. The topological polar surface area (TPSA) is 40.6 Å². The molecule has 4 heteroatoms. The Kier molecular flexibility index (Phi) is 2.74. The quantitative estimate of drug-likeness (QED) is 0.672. The predicted molar refractivity (Wildman–Crippen MR) is 42.7 cm³/mol. The van der Waals surface area contributed by atoms with E-state index >= 15 is 0 Å². The molecule has 0 amide bonds. The molecule has 0 N–H and O–H groups in total. The van der Waals surface area contributed by atoms with E-state index < -0.39 is 0 Å². The maximum Gasteiger partial charge on any atom is 0.260 e. The first-order chi connectivity index (χ1) is 5.83. The third kappa shape index (κ3) is 1.42. The third-order valence-electron chi connectivity index (χ3n) is 1.38. The van der Waals surface area contributed by atoms with E-state index in [-0.39, 0.29) is 0 Å². The lowest BCUT2D eigenvalue weighted by molar-refractivity contribution is 0.315. The molecule has 1 heterocycles. The summed E-state index contributed by atoms with van der Waals surface area (Å²) >= 11 is 0. The molecule has 1 aromatic rings. The van der Waals surface area contributed by atoms with Crippen molar-refractivity contribution < 1.29 is 14.2 Å². The van der Waals surface area contributed by atoms with E-state index in [1.54, 1.807) is 0 Å². The minimum Gasteiger partial charge on any atom is -0.492 e. The minimum atomic E-state index is 0.396. The highest BCUT2D eigenvalue weighted by atomic mass is 16.5. The van der Waals surface area contributed by atoms with Gasteiger partial charge in [-0.3, -0.25) is 0 Å². The molecule has 0 spiro atoms. The molecule has 0 unspecified atom stereocenters. The zero-order chi connectivity index (χ0) is 8.97. The van der Waals surface area contributed by atoms with Gasteiger partial charge in [0.2, 0.25) is 5.75 Å². The van der Waals surface area contributed by atoms with Gasteiger partial charge in [0.15, 0.2) is 5.75 Å². The Labute approximate surface area is 71.1 Å². The Hall–Kier alpha value is -1.45. The van der Waals surface area contributed by atoms with E-state index in [2.05, 4.69) is 11.1 Å². The van der Waals surface area contributed by atoms with Gasteiger partial charge in [0, 0.05) is 6.20 Å². The second-order valence-electron chi connectivity index (χ2n) is 1.98. The van der Waals surface area contributed by atoms with Crippen molar-refractivity contribution in [3.63, 3.8) is 0 Å². The van der Waals surface area contributed by atoms with Crippen LogP contribution >= 0.6 is 0 Å². The molecule has 0 aliphatic rings. The van der Waals surface area contributed by atoms with Crippen molar-refractivity contribution in [3.05, 3.63) is 12.3 Å². The number of rotatable bonds is 3. The van der Waals surface area contributed by atoms with Crippen LogP contribution in [-0.4, -0.2) is 26.3 Å². The molecule has 0 fully saturated rings. The summed E-state index contributed by atoms with van der Waals surface area (Å²) in [7, 11) is 4.58. The molecule has 1 rings (SSSR count). The molecule has 0 atom stereocenters. The van der Waals surface area contributed by atoms with Gasteiger partial charge in [-0.15, -0.1) is 0 Å². The summed E-state index contributed by atoms with van der Waals surface area (Å²) in [5, 5.41) is 0. The van der Waals surface area contributed by atoms with Crippen molar-refractivity contribution in [2.45, 2.75) is 0 Å². The van der Waals surface area contributed by atoms with Gasteiger partial charge in [-0.05, 0) is 0 Å². The molecule has 0 saturated carbocycles. The number of nitrogens with zero attached hydrogens (tertiary/aromatic N) is 1. The van der Waals surface area contributed by atoms with E-state index in [1.807, 2.05) is 0 Å². The van der Waals surface area contributed by atoms with Crippen LogP contribution in [-0.2, 0) is 0 Å². The second kappa shape index (κ2) is 3.80. The van der Waals surface area contributed by atoms with Gasteiger partial charge in [-0.2, -0.15) is 0 Å². The largest absolute Gasteiger partial charge is 0.492 e. The lowest BCUT2D eigenvalue weighted by Gasteiger charge is -2.08. The molecule has 0 saturated heterocycles. The lowest BCUT2D eigenvalue weighted by atomic mass is 10.4. The van der Waals surface area contributed by atoms with Crippen molar-refractivity contribution in [2.24, 2.45) is 0 Å². The monoisotopic (exact) mass is 168 g/mol. The van der Waals surface area contributed by atoms with Crippen LogP contribution in [0.25, 0.3) is 0 Å². The van der Waals surface area contributed by atoms with Crippen LogP contribution in [0.1, 0.15) is 0 Å². The molecule has 0 bridgehead atoms. The smallest absolute Gasteiger partial charge is 0.260 e. The Morgan fingerprint density at radius 3 is 2.42 bits per heavy atom. The highest BCUT2D eigenvalue weighted by Crippen LogP contribution is 2.33. The molecule has 1 aromatic heterocycles. The zero-order valence-corrected chi connectivity index (χ0v) is 7.25. The number of hydrogen-bond donors (Lipinski definition) is 0. The first-order valence-corrected chi connectivity index (χ1v) is 3.36. The Bertz CT molecular complexity index is 240. The average Bonchev–Trinajstić information content (AvgIpc) is 2.16. The van der Waals surface area contributed by atoms with Crippen molar-refractivity contribution >= 4 is 0 Å². The van der Waals surface area contributed by atoms with Crippen LogP contribution in [0.15, 0.2) is 6.20 Å². The van der Waals surface area contributed by atoms with Crippen molar-refractivity contribution in [1.29, 1.82) is 0 Å². The first kappa shape index (κ1) is 8.64. The molecule has 65 valence electrons. The summed E-state index contributed by atoms with van der Waals surface area (Å²) in [6.07, 6.45) is 1.47. The third-order valence-corrected chi connectivity index (χ3v) is 1.38. The fourth-order valence-corrected chi connectivity index (χ4v) is 0.848. The Morgan fingerprint density at radius 2 is 1.92 bits per heavy atom. The van der Waals surface area contributed by atoms with E-state index in [0.29, 0.717) is 17.4 Å². The number of methoxy groups -OCH3 is 3. The van der Waals surface area contributed by atoms with Gasteiger partial charge in [-0.25, -0.2) is 4.98 Å². The van der Waals surface area contributed by atoms with Crippen molar-refractivity contribution in [3.8, 4) is 17.4 Å². The molecule has 12 heavy (non-hydrogen) atoms. The van der Waals surface area contributed by atoms with Crippen molar-refractivity contribution in [2.75, 3.05) is 21.3 Å². The normalized spacial score (nSPS) is 9.25. The molecule has 0 aromatic carbocycles. The lowest BCUT2D eigenvalue weighted by Crippen LogP contribution is -1.96. The molecule has 0 aliphatic heterocycles. The van der Waals surface area contributed by atoms with Gasteiger partial charge in [0.25, 0.3) is 5.88 Å². The van der Waals surface area contributed by atoms with E-state index in [9.17, 15) is 0 Å². The van der Waals surface area contributed by atoms with E-state index in [4.69, 9.17) is 14.2 Å². The van der Waals surface area contributed by atoms with E-state index in [1.165, 1.54) is 27.5 Å². The summed E-state index contributed by atoms with van der Waals surface area (Å²) in [4.78, 5) is 3.89. The summed E-state index contributed by atoms with van der Waals surface area (Å²) in [5.74, 6) is 1.35. The van der Waals surface area contributed by atoms with Gasteiger partial charge in [0.05, 0.1) is 27.4 Å². The zero-order valence-electron chi connectivity index (χ0n) is 7.25. The van der Waals surface area contributed by atoms with Gasteiger partial charge in [-0.1, -0.05) is 0 Å². The molecule has 1 radical (unpaired) electrons. The highest BCUT2D eigenvalue weighted by molar-refractivity contribution is 5.45. The Balaban J connectivity index is 3.13. The van der Waals surface area contributed by atoms with Crippen LogP contribution in [0.4, 0.5) is 0 Å². The minimum absolute atomic E-state index is 0.396. The van der Waals surface area contributed by atoms with Crippen molar-refractivity contribution in [1.82, 2.24) is 4.98 Å². The Morgan fingerprint density at radius 1 is 1.17 bits per heavy atom.